The molecule has 92 valence electrons. The van der Waals surface area contributed by atoms with Crippen LogP contribution in [-0.4, -0.2) is 42.2 Å². The van der Waals surface area contributed by atoms with Gasteiger partial charge in [0.05, 0.1) is 11.3 Å². The van der Waals surface area contributed by atoms with Crippen LogP contribution in [0, 0.1) is 0 Å². The molecular weight excluding hydrogens is 232 g/mol. The van der Waals surface area contributed by atoms with Crippen molar-refractivity contribution in [2.75, 3.05) is 13.6 Å². The van der Waals surface area contributed by atoms with E-state index < -0.39 is 15.6 Å². The summed E-state index contributed by atoms with van der Waals surface area (Å²) in [6.07, 6.45) is 1.32. The molecule has 0 aliphatic carbocycles. The van der Waals surface area contributed by atoms with Crippen LogP contribution in [0.1, 0.15) is 19.5 Å². The first-order valence-electron chi connectivity index (χ1n) is 4.76. The van der Waals surface area contributed by atoms with Gasteiger partial charge in [-0.3, -0.25) is 0 Å². The lowest BCUT2D eigenvalue weighted by atomic mass is 10.1. The second-order valence-corrected chi connectivity index (χ2v) is 6.39. The Morgan fingerprint density at radius 2 is 2.19 bits per heavy atom. The molecule has 0 saturated carbocycles. The summed E-state index contributed by atoms with van der Waals surface area (Å²) in [5.74, 6) is -0.226. The minimum Gasteiger partial charge on any atom is -0.389 e. The minimum absolute atomic E-state index is 0.0349. The number of aliphatic hydroxyl groups is 1. The molecule has 7 heteroatoms. The second-order valence-electron chi connectivity index (χ2n) is 4.32. The van der Waals surface area contributed by atoms with Gasteiger partial charge in [0.1, 0.15) is 12.0 Å². The van der Waals surface area contributed by atoms with E-state index in [1.165, 1.54) is 19.4 Å². The van der Waals surface area contributed by atoms with Gasteiger partial charge in [-0.1, -0.05) is 5.16 Å². The third-order valence-electron chi connectivity index (χ3n) is 1.91. The molecule has 0 unspecified atom stereocenters. The van der Waals surface area contributed by atoms with Crippen LogP contribution in [0.15, 0.2) is 16.9 Å². The summed E-state index contributed by atoms with van der Waals surface area (Å²) in [5.41, 5.74) is -0.714. The van der Waals surface area contributed by atoms with Crippen LogP contribution < -0.4 is 0 Å². The SMILES string of the molecule is CN(CC(C)(C)O)S(=O)(=O)Cc1ccon1. The van der Waals surface area contributed by atoms with Crippen LogP contribution in [-0.2, 0) is 15.8 Å². The molecule has 0 atom stereocenters. The molecule has 1 rings (SSSR count). The second kappa shape index (κ2) is 4.52. The van der Waals surface area contributed by atoms with Crippen molar-refractivity contribution in [1.29, 1.82) is 0 Å². The molecule has 0 amide bonds. The molecule has 6 nitrogen and oxygen atoms in total. The fraction of sp³-hybridized carbons (Fsp3) is 0.667. The van der Waals surface area contributed by atoms with Gasteiger partial charge in [-0.05, 0) is 13.8 Å². The highest BCUT2D eigenvalue weighted by Crippen LogP contribution is 2.11. The number of rotatable bonds is 5. The highest BCUT2D eigenvalue weighted by molar-refractivity contribution is 7.88. The minimum atomic E-state index is -3.47. The van der Waals surface area contributed by atoms with Gasteiger partial charge in [0.25, 0.3) is 0 Å². The number of hydrogen-bond donors (Lipinski definition) is 1. The van der Waals surface area contributed by atoms with Gasteiger partial charge in [-0.15, -0.1) is 0 Å². The summed E-state index contributed by atoms with van der Waals surface area (Å²) < 4.78 is 29.3. The van der Waals surface area contributed by atoms with Crippen molar-refractivity contribution < 1.29 is 18.0 Å². The molecule has 16 heavy (non-hydrogen) atoms. The molecule has 0 fully saturated rings. The predicted molar refractivity (Wildman–Crippen MR) is 58.1 cm³/mol. The van der Waals surface area contributed by atoms with Crippen LogP contribution in [0.3, 0.4) is 0 Å². The van der Waals surface area contributed by atoms with Gasteiger partial charge in [-0.2, -0.15) is 0 Å². The molecule has 1 heterocycles. The summed E-state index contributed by atoms with van der Waals surface area (Å²) >= 11 is 0. The van der Waals surface area contributed by atoms with Crippen LogP contribution in [0.5, 0.6) is 0 Å². The van der Waals surface area contributed by atoms with Crippen LogP contribution >= 0.6 is 0 Å². The van der Waals surface area contributed by atoms with E-state index in [0.717, 1.165) is 4.31 Å². The highest BCUT2D eigenvalue weighted by atomic mass is 32.2. The van der Waals surface area contributed by atoms with Crippen LogP contribution in [0.25, 0.3) is 0 Å². The van der Waals surface area contributed by atoms with E-state index in [-0.39, 0.29) is 12.3 Å². The van der Waals surface area contributed by atoms with Gasteiger partial charge >= 0.3 is 0 Å². The average Bonchev–Trinajstić information content (AvgIpc) is 2.52. The van der Waals surface area contributed by atoms with Crippen molar-refractivity contribution in [3.8, 4) is 0 Å². The maximum absolute atomic E-state index is 11.8. The van der Waals surface area contributed by atoms with Crippen molar-refractivity contribution in [3.05, 3.63) is 18.0 Å². The molecule has 0 spiro atoms. The molecule has 0 bridgehead atoms. The third-order valence-corrected chi connectivity index (χ3v) is 3.65. The maximum Gasteiger partial charge on any atom is 0.219 e. The third kappa shape index (κ3) is 3.92. The van der Waals surface area contributed by atoms with Crippen LogP contribution in [0.4, 0.5) is 0 Å². The van der Waals surface area contributed by atoms with Crippen molar-refractivity contribution >= 4 is 10.0 Å². The van der Waals surface area contributed by atoms with Gasteiger partial charge in [0, 0.05) is 19.7 Å². The molecule has 0 aliphatic heterocycles. The van der Waals surface area contributed by atoms with E-state index >= 15 is 0 Å². The summed E-state index contributed by atoms with van der Waals surface area (Å²) in [6, 6.07) is 1.50. The Balaban J connectivity index is 2.71. The number of nitrogens with zero attached hydrogens (tertiary/aromatic N) is 2. The number of hydrogen-bond acceptors (Lipinski definition) is 5. The first kappa shape index (κ1) is 13.1. The lowest BCUT2D eigenvalue weighted by Gasteiger charge is -2.24. The molecule has 1 aromatic heterocycles. The topological polar surface area (TPSA) is 83.6 Å². The summed E-state index contributed by atoms with van der Waals surface area (Å²) in [6.45, 7) is 3.14. The fourth-order valence-corrected chi connectivity index (χ4v) is 2.51. The number of aromatic nitrogens is 1. The highest BCUT2D eigenvalue weighted by Gasteiger charge is 2.25. The van der Waals surface area contributed by atoms with Crippen molar-refractivity contribution in [2.24, 2.45) is 0 Å². The predicted octanol–water partition coefficient (Wildman–Crippen LogP) is 0.207. The number of likely N-dealkylation sites (N-methyl/N-ethyl adjacent to an activating group) is 1. The molecule has 0 aromatic carbocycles. The fourth-order valence-electron chi connectivity index (χ4n) is 1.25. The maximum atomic E-state index is 11.8. The molecule has 0 aliphatic rings. The first-order valence-corrected chi connectivity index (χ1v) is 6.37. The van der Waals surface area contributed by atoms with E-state index in [1.54, 1.807) is 13.8 Å². The Bertz CT molecular complexity index is 419. The molecule has 1 aromatic rings. The van der Waals surface area contributed by atoms with Crippen molar-refractivity contribution in [2.45, 2.75) is 25.2 Å². The number of sulfonamides is 1. The van der Waals surface area contributed by atoms with Crippen molar-refractivity contribution in [1.82, 2.24) is 9.46 Å². The molecule has 0 radical (unpaired) electrons. The van der Waals surface area contributed by atoms with Gasteiger partial charge in [0.2, 0.25) is 10.0 Å². The largest absolute Gasteiger partial charge is 0.389 e. The Labute approximate surface area is 94.9 Å². The van der Waals surface area contributed by atoms with Crippen LogP contribution in [0.2, 0.25) is 0 Å². The monoisotopic (exact) mass is 248 g/mol. The summed E-state index contributed by atoms with van der Waals surface area (Å²) in [4.78, 5) is 0. The molecule has 0 saturated heterocycles. The van der Waals surface area contributed by atoms with Gasteiger partial charge < -0.3 is 9.63 Å². The smallest absolute Gasteiger partial charge is 0.219 e. The Kier molecular flexibility index (Phi) is 3.72. The Morgan fingerprint density at radius 3 is 2.62 bits per heavy atom. The van der Waals surface area contributed by atoms with E-state index in [4.69, 9.17) is 0 Å². The Morgan fingerprint density at radius 1 is 1.56 bits per heavy atom. The quantitative estimate of drug-likeness (QED) is 0.805. The standard InChI is InChI=1S/C9H16N2O4S/c1-9(2,12)7-11(3)16(13,14)6-8-4-5-15-10-8/h4-5,12H,6-7H2,1-3H3. The lowest BCUT2D eigenvalue weighted by Crippen LogP contribution is -2.40. The molecular formula is C9H16N2O4S. The molecule has 1 N–H and O–H groups in total. The summed E-state index contributed by atoms with van der Waals surface area (Å²) in [5, 5.41) is 13.1. The zero-order chi connectivity index (χ0) is 12.4. The lowest BCUT2D eigenvalue weighted by molar-refractivity contribution is 0.0639. The summed E-state index contributed by atoms with van der Waals surface area (Å²) in [7, 11) is -2.04. The first-order chi connectivity index (χ1) is 7.21. The van der Waals surface area contributed by atoms with E-state index in [9.17, 15) is 13.5 Å². The Hall–Kier alpha value is -0.920. The van der Waals surface area contributed by atoms with Gasteiger partial charge in [-0.25, -0.2) is 12.7 Å². The van der Waals surface area contributed by atoms with E-state index in [0.29, 0.717) is 5.69 Å². The van der Waals surface area contributed by atoms with Crippen molar-refractivity contribution in [3.63, 3.8) is 0 Å². The normalized spacial score (nSPS) is 13.3. The average molecular weight is 248 g/mol. The van der Waals surface area contributed by atoms with E-state index in [2.05, 4.69) is 9.68 Å². The van der Waals surface area contributed by atoms with Gasteiger partial charge in [0.15, 0.2) is 0 Å². The zero-order valence-corrected chi connectivity index (χ0v) is 10.4. The zero-order valence-electron chi connectivity index (χ0n) is 9.54. The van der Waals surface area contributed by atoms with E-state index in [1.807, 2.05) is 0 Å².